The minimum absolute atomic E-state index is 0.347. The summed E-state index contributed by atoms with van der Waals surface area (Å²) in [5, 5.41) is 2.58. The van der Waals surface area contributed by atoms with E-state index in [0.29, 0.717) is 17.1 Å². The van der Waals surface area contributed by atoms with Crippen LogP contribution >= 0.6 is 0 Å². The highest BCUT2D eigenvalue weighted by Gasteiger charge is 2.17. The van der Waals surface area contributed by atoms with Crippen molar-refractivity contribution in [2.24, 2.45) is 0 Å². The van der Waals surface area contributed by atoms with Crippen LogP contribution in [-0.4, -0.2) is 36.9 Å². The van der Waals surface area contributed by atoms with Crippen LogP contribution in [0.5, 0.6) is 5.88 Å². The predicted molar refractivity (Wildman–Crippen MR) is 81.7 cm³/mol. The van der Waals surface area contributed by atoms with Gasteiger partial charge in [0.2, 0.25) is 5.88 Å². The van der Waals surface area contributed by atoms with Crippen LogP contribution in [-0.2, 0) is 14.3 Å². The molecule has 1 N–H and O–H groups in total. The lowest BCUT2D eigenvalue weighted by Gasteiger charge is -2.20. The monoisotopic (exact) mass is 308 g/mol. The van der Waals surface area contributed by atoms with Crippen LogP contribution in [0.4, 0.5) is 10.5 Å². The van der Waals surface area contributed by atoms with Gasteiger partial charge in [0.25, 0.3) is 0 Å². The molecule has 0 unspecified atom stereocenters. The molecule has 0 radical (unpaired) electrons. The number of pyridine rings is 1. The Morgan fingerprint density at radius 2 is 1.95 bits per heavy atom. The number of methoxy groups -OCH3 is 2. The normalized spacial score (nSPS) is 11.1. The first-order chi connectivity index (χ1) is 10.2. The highest BCUT2D eigenvalue weighted by atomic mass is 16.6. The molecule has 7 heteroatoms. The summed E-state index contributed by atoms with van der Waals surface area (Å²) in [6, 6.07) is 1.58. The number of esters is 1. The van der Waals surface area contributed by atoms with E-state index in [2.05, 4.69) is 15.0 Å². The molecule has 120 valence electrons. The molecule has 1 aromatic heterocycles. The van der Waals surface area contributed by atoms with E-state index in [4.69, 9.17) is 9.47 Å². The number of nitrogens with one attached hydrogen (secondary N) is 1. The molecular weight excluding hydrogens is 288 g/mol. The Morgan fingerprint density at radius 3 is 2.50 bits per heavy atom. The molecule has 1 aromatic rings. The fourth-order valence-electron chi connectivity index (χ4n) is 1.44. The van der Waals surface area contributed by atoms with Crippen LogP contribution in [0.1, 0.15) is 26.3 Å². The maximum atomic E-state index is 11.8. The third kappa shape index (κ3) is 5.82. The van der Waals surface area contributed by atoms with Crippen LogP contribution in [0.3, 0.4) is 0 Å². The standard InChI is InChI=1S/C15H20N2O5/c1-15(2,3)22-14(19)17-11-9-16-12(20-4)8-10(11)6-7-13(18)21-5/h6-9H,1-5H3,(H,17,19)/b7-6+. The number of nitrogens with zero attached hydrogens (tertiary/aromatic N) is 1. The van der Waals surface area contributed by atoms with Crippen LogP contribution in [0.15, 0.2) is 18.3 Å². The van der Waals surface area contributed by atoms with E-state index in [9.17, 15) is 9.59 Å². The molecule has 0 aliphatic carbocycles. The summed E-state index contributed by atoms with van der Waals surface area (Å²) < 4.78 is 14.7. The Bertz CT molecular complexity index is 576. The summed E-state index contributed by atoms with van der Waals surface area (Å²) >= 11 is 0. The Hall–Kier alpha value is -2.57. The van der Waals surface area contributed by atoms with Gasteiger partial charge in [-0.2, -0.15) is 0 Å². The van der Waals surface area contributed by atoms with Gasteiger partial charge in [0.1, 0.15) is 5.60 Å². The van der Waals surface area contributed by atoms with Crippen molar-refractivity contribution >= 4 is 23.8 Å². The highest BCUT2D eigenvalue weighted by molar-refractivity contribution is 5.91. The zero-order valence-electron chi connectivity index (χ0n) is 13.3. The lowest BCUT2D eigenvalue weighted by Crippen LogP contribution is -2.27. The van der Waals surface area contributed by atoms with Gasteiger partial charge in [-0.25, -0.2) is 14.6 Å². The van der Waals surface area contributed by atoms with Gasteiger partial charge in [0.05, 0.1) is 26.1 Å². The number of carbonyl (C=O) groups excluding carboxylic acids is 2. The first kappa shape index (κ1) is 17.5. The van der Waals surface area contributed by atoms with Gasteiger partial charge in [-0.3, -0.25) is 5.32 Å². The molecule has 0 aliphatic heterocycles. The molecule has 0 fully saturated rings. The van der Waals surface area contributed by atoms with E-state index in [1.54, 1.807) is 26.8 Å². The molecule has 0 saturated carbocycles. The second kappa shape index (κ2) is 7.44. The van der Waals surface area contributed by atoms with Crippen molar-refractivity contribution < 1.29 is 23.8 Å². The second-order valence-electron chi connectivity index (χ2n) is 5.30. The van der Waals surface area contributed by atoms with Crippen molar-refractivity contribution in [3.63, 3.8) is 0 Å². The van der Waals surface area contributed by atoms with Crippen molar-refractivity contribution in [2.75, 3.05) is 19.5 Å². The molecule has 0 atom stereocenters. The second-order valence-corrected chi connectivity index (χ2v) is 5.30. The van der Waals surface area contributed by atoms with E-state index in [1.165, 1.54) is 32.6 Å². The Kier molecular flexibility index (Phi) is 5.91. The first-order valence-corrected chi connectivity index (χ1v) is 6.55. The molecular formula is C15H20N2O5. The van der Waals surface area contributed by atoms with Gasteiger partial charge >= 0.3 is 12.1 Å². The van der Waals surface area contributed by atoms with Gasteiger partial charge in [0, 0.05) is 17.7 Å². The van der Waals surface area contributed by atoms with E-state index in [-0.39, 0.29) is 0 Å². The Balaban J connectivity index is 3.00. The van der Waals surface area contributed by atoms with Crippen LogP contribution < -0.4 is 10.1 Å². The highest BCUT2D eigenvalue weighted by Crippen LogP contribution is 2.21. The van der Waals surface area contributed by atoms with E-state index in [0.717, 1.165) is 0 Å². The molecule has 1 amide bonds. The minimum Gasteiger partial charge on any atom is -0.481 e. The number of ether oxygens (including phenoxy) is 3. The summed E-state index contributed by atoms with van der Waals surface area (Å²) in [4.78, 5) is 27.0. The molecule has 0 aliphatic rings. The smallest absolute Gasteiger partial charge is 0.412 e. The average Bonchev–Trinajstić information content (AvgIpc) is 2.43. The van der Waals surface area contributed by atoms with Gasteiger partial charge < -0.3 is 14.2 Å². The molecule has 0 spiro atoms. The number of rotatable bonds is 4. The number of amides is 1. The fraction of sp³-hybridized carbons (Fsp3) is 0.400. The third-order valence-corrected chi connectivity index (χ3v) is 2.36. The number of hydrogen-bond donors (Lipinski definition) is 1. The number of carbonyl (C=O) groups is 2. The Morgan fingerprint density at radius 1 is 1.27 bits per heavy atom. The van der Waals surface area contributed by atoms with Crippen molar-refractivity contribution in [3.8, 4) is 5.88 Å². The quantitative estimate of drug-likeness (QED) is 0.679. The lowest BCUT2D eigenvalue weighted by atomic mass is 10.2. The molecule has 0 saturated heterocycles. The maximum absolute atomic E-state index is 11.8. The van der Waals surface area contributed by atoms with E-state index in [1.807, 2.05) is 0 Å². The minimum atomic E-state index is -0.619. The third-order valence-electron chi connectivity index (χ3n) is 2.36. The van der Waals surface area contributed by atoms with Crippen LogP contribution in [0.2, 0.25) is 0 Å². The van der Waals surface area contributed by atoms with Crippen LogP contribution in [0.25, 0.3) is 6.08 Å². The summed E-state index contributed by atoms with van der Waals surface area (Å²) in [6.07, 6.45) is 3.52. The number of aromatic nitrogens is 1. The van der Waals surface area contributed by atoms with Gasteiger partial charge in [0.15, 0.2) is 0 Å². The molecule has 1 rings (SSSR count). The summed E-state index contributed by atoms with van der Waals surface area (Å²) in [7, 11) is 2.75. The predicted octanol–water partition coefficient (Wildman–Crippen LogP) is 2.62. The van der Waals surface area contributed by atoms with Crippen molar-refractivity contribution in [1.29, 1.82) is 0 Å². The largest absolute Gasteiger partial charge is 0.481 e. The zero-order chi connectivity index (χ0) is 16.8. The fourth-order valence-corrected chi connectivity index (χ4v) is 1.44. The molecule has 0 bridgehead atoms. The van der Waals surface area contributed by atoms with E-state index >= 15 is 0 Å². The Labute approximate surface area is 129 Å². The van der Waals surface area contributed by atoms with Crippen LogP contribution in [0, 0.1) is 0 Å². The summed E-state index contributed by atoms with van der Waals surface area (Å²) in [5.41, 5.74) is 0.296. The SMILES string of the molecule is COC(=O)/C=C/c1cc(OC)ncc1NC(=O)OC(C)(C)C. The number of hydrogen-bond acceptors (Lipinski definition) is 6. The van der Waals surface area contributed by atoms with Crippen molar-refractivity contribution in [2.45, 2.75) is 26.4 Å². The topological polar surface area (TPSA) is 86.8 Å². The lowest BCUT2D eigenvalue weighted by molar-refractivity contribution is -0.134. The summed E-state index contributed by atoms with van der Waals surface area (Å²) in [5.74, 6) is -0.168. The number of anilines is 1. The molecule has 1 heterocycles. The van der Waals surface area contributed by atoms with Gasteiger partial charge in [-0.15, -0.1) is 0 Å². The molecule has 0 aromatic carbocycles. The van der Waals surface area contributed by atoms with Crippen molar-refractivity contribution in [3.05, 3.63) is 23.9 Å². The van der Waals surface area contributed by atoms with Gasteiger partial charge in [-0.05, 0) is 26.8 Å². The molecule has 22 heavy (non-hydrogen) atoms. The first-order valence-electron chi connectivity index (χ1n) is 6.55. The average molecular weight is 308 g/mol. The van der Waals surface area contributed by atoms with Crippen molar-refractivity contribution in [1.82, 2.24) is 4.98 Å². The molecule has 7 nitrogen and oxygen atoms in total. The van der Waals surface area contributed by atoms with E-state index < -0.39 is 17.7 Å². The summed E-state index contributed by atoms with van der Waals surface area (Å²) in [6.45, 7) is 5.28. The maximum Gasteiger partial charge on any atom is 0.412 e. The van der Waals surface area contributed by atoms with Gasteiger partial charge in [-0.1, -0.05) is 0 Å². The zero-order valence-corrected chi connectivity index (χ0v) is 13.3.